The van der Waals surface area contributed by atoms with Crippen LogP contribution in [0.4, 0.5) is 5.82 Å². The Morgan fingerprint density at radius 1 is 0.897 bits per heavy atom. The van der Waals surface area contributed by atoms with Crippen LogP contribution in [0.2, 0.25) is 0 Å². The zero-order chi connectivity index (χ0) is 50.1. The molecule has 0 aliphatic carbocycles. The van der Waals surface area contributed by atoms with Gasteiger partial charge in [0, 0.05) is 49.9 Å². The van der Waals surface area contributed by atoms with E-state index in [2.05, 4.69) is 53.5 Å². The minimum Gasteiger partial charge on any atom is -0.466 e. The van der Waals surface area contributed by atoms with Crippen molar-refractivity contribution in [2.45, 2.75) is 135 Å². The van der Waals surface area contributed by atoms with Crippen LogP contribution in [0.5, 0.6) is 0 Å². The van der Waals surface area contributed by atoms with Crippen molar-refractivity contribution in [1.82, 2.24) is 30.2 Å². The Kier molecular flexibility index (Phi) is 22.7. The maximum absolute atomic E-state index is 12.7. The van der Waals surface area contributed by atoms with Crippen LogP contribution in [0.25, 0.3) is 11.2 Å². The molecule has 1 aliphatic heterocycles. The number of thioether (sulfide) groups is 1. The number of phosphoric ester groups is 3. The zero-order valence-electron chi connectivity index (χ0n) is 38.1. The van der Waals surface area contributed by atoms with Crippen LogP contribution in [-0.2, 0) is 63.5 Å². The first kappa shape index (κ1) is 57.4. The molecule has 0 bridgehead atoms. The molecule has 384 valence electrons. The van der Waals surface area contributed by atoms with E-state index >= 15 is 0 Å². The summed E-state index contributed by atoms with van der Waals surface area (Å²) >= 11 is 1.13. The average molecular weight is 1040 g/mol. The Bertz CT molecular complexity index is 2240. The largest absolute Gasteiger partial charge is 0.481 e. The van der Waals surface area contributed by atoms with Crippen LogP contribution in [0.3, 0.4) is 0 Å². The number of ether oxygens (including phenoxy) is 1. The zero-order valence-corrected chi connectivity index (χ0v) is 41.6. The molecule has 29 heteroatoms. The molecule has 0 aromatic carbocycles. The van der Waals surface area contributed by atoms with E-state index in [1.807, 2.05) is 0 Å². The number of nitrogens with zero attached hydrogens (tertiary/aromatic N) is 4. The summed E-state index contributed by atoms with van der Waals surface area (Å²) in [5.41, 5.74) is 4.28. The SMILES string of the molecule is CCCCCCc1ccc(CCCCCCCC(=O)SCCNC(=O)CCNC(=O)C(O)C(C)(C)COP(=O)(O)OP(=O)(O)OCC2OC(n3cnc4c(N)ncnc43)C(O)C2OP(=O)(O)O)o1. The number of nitrogen functional groups attached to an aromatic ring is 1. The number of amides is 2. The van der Waals surface area contributed by atoms with E-state index in [-0.39, 0.29) is 41.6 Å². The fourth-order valence-electron chi connectivity index (χ4n) is 6.88. The summed E-state index contributed by atoms with van der Waals surface area (Å²) in [6.07, 6.45) is 5.14. The Hall–Kier alpha value is -3.16. The summed E-state index contributed by atoms with van der Waals surface area (Å²) in [6, 6.07) is 4.15. The molecule has 7 atom stereocenters. The van der Waals surface area contributed by atoms with E-state index in [4.69, 9.17) is 23.9 Å². The molecule has 7 unspecified atom stereocenters. The van der Waals surface area contributed by atoms with Gasteiger partial charge in [0.15, 0.2) is 22.8 Å². The summed E-state index contributed by atoms with van der Waals surface area (Å²) in [7, 11) is -16.4. The molecular weight excluding hydrogens is 979 g/mol. The first-order valence-electron chi connectivity index (χ1n) is 22.1. The van der Waals surface area contributed by atoms with Gasteiger partial charge in [-0.25, -0.2) is 28.6 Å². The predicted molar refractivity (Wildman–Crippen MR) is 245 cm³/mol. The third-order valence-corrected chi connectivity index (χ3v) is 14.6. The molecule has 0 saturated carbocycles. The molecule has 3 aromatic heterocycles. The minimum absolute atomic E-state index is 0.0312. The number of fused-ring (bicyclic) bond motifs is 1. The number of imidazole rings is 1. The fourth-order valence-corrected chi connectivity index (χ4v) is 10.4. The lowest BCUT2D eigenvalue weighted by Gasteiger charge is -2.30. The van der Waals surface area contributed by atoms with Gasteiger partial charge in [0.1, 0.15) is 47.8 Å². The third kappa shape index (κ3) is 19.2. The minimum atomic E-state index is -5.58. The number of furan rings is 1. The van der Waals surface area contributed by atoms with Crippen molar-refractivity contribution in [2.24, 2.45) is 5.41 Å². The van der Waals surface area contributed by atoms with Crippen molar-refractivity contribution >= 4 is 69.1 Å². The molecule has 10 N–H and O–H groups in total. The highest BCUT2D eigenvalue weighted by atomic mass is 32.2. The highest BCUT2D eigenvalue weighted by Gasteiger charge is 2.50. The number of carbonyl (C=O) groups is 3. The van der Waals surface area contributed by atoms with E-state index in [0.717, 1.165) is 91.9 Å². The van der Waals surface area contributed by atoms with E-state index in [1.165, 1.54) is 33.1 Å². The summed E-state index contributed by atoms with van der Waals surface area (Å²) in [5.74, 6) is 1.02. The van der Waals surface area contributed by atoms with Crippen LogP contribution in [0, 0.1) is 5.41 Å². The Labute approximate surface area is 397 Å². The second kappa shape index (κ2) is 26.9. The highest BCUT2D eigenvalue weighted by Crippen LogP contribution is 2.61. The molecule has 4 rings (SSSR count). The maximum Gasteiger partial charge on any atom is 0.481 e. The van der Waals surface area contributed by atoms with E-state index < -0.39 is 84.6 Å². The number of hydrogen-bond acceptors (Lipinski definition) is 19. The van der Waals surface area contributed by atoms with Crippen molar-refractivity contribution < 1.29 is 84.9 Å². The number of rotatable bonds is 32. The summed E-state index contributed by atoms with van der Waals surface area (Å²) in [6.45, 7) is 2.73. The maximum atomic E-state index is 12.7. The summed E-state index contributed by atoms with van der Waals surface area (Å²) in [5, 5.41) is 26.6. The first-order valence-corrected chi connectivity index (χ1v) is 27.6. The number of carbonyl (C=O) groups excluding carboxylic acids is 3. The smallest absolute Gasteiger partial charge is 0.466 e. The number of aliphatic hydroxyl groups is 2. The van der Waals surface area contributed by atoms with Crippen molar-refractivity contribution in [3.05, 3.63) is 36.3 Å². The fraction of sp³-hybridized carbons (Fsp3) is 0.692. The molecule has 1 fully saturated rings. The topological polar surface area (TPSA) is 377 Å². The molecule has 3 aromatic rings. The van der Waals surface area contributed by atoms with Gasteiger partial charge >= 0.3 is 23.5 Å². The molecule has 1 saturated heterocycles. The summed E-state index contributed by atoms with van der Waals surface area (Å²) < 4.78 is 68.4. The van der Waals surface area contributed by atoms with Gasteiger partial charge in [0.05, 0.1) is 19.5 Å². The monoisotopic (exact) mass is 1040 g/mol. The molecule has 68 heavy (non-hydrogen) atoms. The average Bonchev–Trinajstić information content (AvgIpc) is 3.99. The Morgan fingerprint density at radius 3 is 2.22 bits per heavy atom. The Balaban J connectivity index is 1.08. The number of aryl methyl sites for hydroxylation is 2. The lowest BCUT2D eigenvalue weighted by Crippen LogP contribution is -2.46. The lowest BCUT2D eigenvalue weighted by molar-refractivity contribution is -0.137. The predicted octanol–water partition coefficient (Wildman–Crippen LogP) is 3.96. The normalized spacial score (nSPS) is 20.0. The number of phosphoric acid groups is 3. The first-order chi connectivity index (χ1) is 32.0. The number of aliphatic hydroxyl groups excluding tert-OH is 2. The van der Waals surface area contributed by atoms with Gasteiger partial charge in [-0.05, 0) is 31.4 Å². The quantitative estimate of drug-likeness (QED) is 0.0315. The van der Waals surface area contributed by atoms with Gasteiger partial charge in [0.25, 0.3) is 0 Å². The van der Waals surface area contributed by atoms with Crippen LogP contribution in [-0.4, -0.2) is 123 Å². The highest BCUT2D eigenvalue weighted by molar-refractivity contribution is 8.13. The van der Waals surface area contributed by atoms with Crippen molar-refractivity contribution in [3.63, 3.8) is 0 Å². The van der Waals surface area contributed by atoms with Crippen molar-refractivity contribution in [3.8, 4) is 0 Å². The molecule has 25 nitrogen and oxygen atoms in total. The number of aromatic nitrogens is 4. The number of hydrogen-bond donors (Lipinski definition) is 9. The molecule has 1 aliphatic rings. The van der Waals surface area contributed by atoms with Gasteiger partial charge in [-0.2, -0.15) is 4.31 Å². The van der Waals surface area contributed by atoms with Crippen LogP contribution in [0.15, 0.2) is 29.2 Å². The number of unbranched alkanes of at least 4 members (excludes halogenated alkanes) is 7. The van der Waals surface area contributed by atoms with Gasteiger partial charge in [-0.1, -0.05) is 71.1 Å². The lowest BCUT2D eigenvalue weighted by atomic mass is 9.87. The standard InChI is InChI=1S/C39H64N7O18P3S/c1-4-5-6-10-13-26-16-17-27(61-26)14-11-8-7-9-12-15-30(48)68-21-20-41-29(47)18-19-42-37(51)34(50)39(2,3)23-60-67(57,58)64-66(55,56)59-22-28-33(63-65(52,53)54)32(49)38(62-28)46-25-45-31-35(40)43-24-44-36(31)46/h16-17,24-25,28,32-34,38,49-50H,4-15,18-23H2,1-3H3,(H,41,47)(H,42,51)(H,55,56)(H,57,58)(H2,40,43,44)(H2,52,53,54). The van der Waals surface area contributed by atoms with E-state index in [9.17, 15) is 57.9 Å². The van der Waals surface area contributed by atoms with Crippen molar-refractivity contribution in [2.75, 3.05) is 37.8 Å². The summed E-state index contributed by atoms with van der Waals surface area (Å²) in [4.78, 5) is 88.4. The van der Waals surface area contributed by atoms with Gasteiger partial charge < -0.3 is 55.3 Å². The molecule has 0 spiro atoms. The van der Waals surface area contributed by atoms with Crippen molar-refractivity contribution in [1.29, 1.82) is 0 Å². The van der Waals surface area contributed by atoms with Gasteiger partial charge in [0.2, 0.25) is 11.8 Å². The van der Waals surface area contributed by atoms with E-state index in [1.54, 1.807) is 0 Å². The van der Waals surface area contributed by atoms with Gasteiger partial charge in [-0.15, -0.1) is 0 Å². The third-order valence-electron chi connectivity index (χ3n) is 10.6. The second-order valence-electron chi connectivity index (χ2n) is 16.7. The second-order valence-corrected chi connectivity index (χ2v) is 22.1. The van der Waals surface area contributed by atoms with E-state index in [0.29, 0.717) is 12.2 Å². The molecule has 2 amide bonds. The number of nitrogens with two attached hydrogens (primary N) is 1. The van der Waals surface area contributed by atoms with Crippen LogP contribution < -0.4 is 16.4 Å². The molecule has 4 heterocycles. The van der Waals surface area contributed by atoms with Gasteiger partial charge in [-0.3, -0.25) is 32.5 Å². The molecule has 0 radical (unpaired) electrons. The Morgan fingerprint density at radius 2 is 1.54 bits per heavy atom. The number of anilines is 1. The van der Waals surface area contributed by atoms with Crippen LogP contribution in [0.1, 0.15) is 109 Å². The molecular formula is C39H64N7O18P3S. The van der Waals surface area contributed by atoms with Crippen LogP contribution >= 0.6 is 35.2 Å². The number of nitrogens with one attached hydrogen (secondary N) is 2.